The molecular formula is C11H16ClN3O2. The van der Waals surface area contributed by atoms with E-state index in [1.165, 1.54) is 6.42 Å². The molecule has 1 aliphatic rings. The molecule has 0 bridgehead atoms. The molecule has 1 saturated carbocycles. The standard InChI is InChI=1S/C11H16ClN3O2/c1-2-8-4-3-5-9(6-8)14-7-10(12)11(13-14)15(16)17/h7-9H,2-6H2,1H3. The van der Waals surface area contributed by atoms with Crippen LogP contribution in [0.4, 0.5) is 5.82 Å². The molecular weight excluding hydrogens is 242 g/mol. The summed E-state index contributed by atoms with van der Waals surface area (Å²) in [6.07, 6.45) is 7.24. The highest BCUT2D eigenvalue weighted by molar-refractivity contribution is 6.32. The molecule has 1 aromatic rings. The molecule has 0 radical (unpaired) electrons. The molecule has 17 heavy (non-hydrogen) atoms. The summed E-state index contributed by atoms with van der Waals surface area (Å²) in [6, 6.07) is 0.264. The molecule has 6 heteroatoms. The van der Waals surface area contributed by atoms with E-state index in [4.69, 9.17) is 11.6 Å². The second-order valence-electron chi connectivity index (χ2n) is 4.63. The number of aromatic nitrogens is 2. The summed E-state index contributed by atoms with van der Waals surface area (Å²) in [4.78, 5) is 10.2. The number of nitrogens with zero attached hydrogens (tertiary/aromatic N) is 3. The van der Waals surface area contributed by atoms with Gasteiger partial charge in [-0.05, 0) is 23.7 Å². The lowest BCUT2D eigenvalue weighted by atomic mass is 9.84. The lowest BCUT2D eigenvalue weighted by Crippen LogP contribution is -2.19. The average molecular weight is 258 g/mol. The van der Waals surface area contributed by atoms with Crippen molar-refractivity contribution in [1.29, 1.82) is 0 Å². The Morgan fingerprint density at radius 3 is 3.00 bits per heavy atom. The summed E-state index contributed by atoms with van der Waals surface area (Å²) in [7, 11) is 0. The Hall–Kier alpha value is -1.10. The third-order valence-corrected chi connectivity index (χ3v) is 3.82. The molecule has 1 aromatic heterocycles. The van der Waals surface area contributed by atoms with Crippen LogP contribution in [0.15, 0.2) is 6.20 Å². The second kappa shape index (κ2) is 5.04. The minimum absolute atomic E-state index is 0.133. The maximum atomic E-state index is 10.7. The molecule has 0 aliphatic heterocycles. The van der Waals surface area contributed by atoms with Crippen molar-refractivity contribution in [2.75, 3.05) is 0 Å². The third-order valence-electron chi connectivity index (χ3n) is 3.55. The highest BCUT2D eigenvalue weighted by Crippen LogP contribution is 2.35. The largest absolute Gasteiger partial charge is 0.408 e. The molecule has 0 aromatic carbocycles. The van der Waals surface area contributed by atoms with Gasteiger partial charge in [-0.1, -0.05) is 37.8 Å². The number of rotatable bonds is 3. The Labute approximate surface area is 105 Å². The first-order valence-electron chi connectivity index (χ1n) is 6.00. The van der Waals surface area contributed by atoms with Crippen LogP contribution in [-0.2, 0) is 0 Å². The zero-order chi connectivity index (χ0) is 12.4. The van der Waals surface area contributed by atoms with Gasteiger partial charge in [0.05, 0.1) is 17.3 Å². The van der Waals surface area contributed by atoms with Crippen molar-refractivity contribution in [3.05, 3.63) is 21.3 Å². The van der Waals surface area contributed by atoms with E-state index < -0.39 is 4.92 Å². The van der Waals surface area contributed by atoms with Crippen LogP contribution in [0.5, 0.6) is 0 Å². The topological polar surface area (TPSA) is 61.0 Å². The van der Waals surface area contributed by atoms with E-state index in [-0.39, 0.29) is 16.9 Å². The Morgan fingerprint density at radius 2 is 2.41 bits per heavy atom. The summed E-state index contributed by atoms with van der Waals surface area (Å²) in [5.41, 5.74) is 0. The summed E-state index contributed by atoms with van der Waals surface area (Å²) in [6.45, 7) is 2.19. The summed E-state index contributed by atoms with van der Waals surface area (Å²) in [5.74, 6) is 0.473. The molecule has 0 spiro atoms. The number of hydrogen-bond acceptors (Lipinski definition) is 3. The fourth-order valence-electron chi connectivity index (χ4n) is 2.54. The lowest BCUT2D eigenvalue weighted by molar-refractivity contribution is -0.389. The first kappa shape index (κ1) is 12.4. The van der Waals surface area contributed by atoms with Gasteiger partial charge in [0, 0.05) is 0 Å². The van der Waals surface area contributed by atoms with Gasteiger partial charge >= 0.3 is 5.82 Å². The van der Waals surface area contributed by atoms with Gasteiger partial charge in [-0.15, -0.1) is 0 Å². The van der Waals surface area contributed by atoms with Crippen molar-refractivity contribution in [2.24, 2.45) is 5.92 Å². The van der Waals surface area contributed by atoms with Crippen LogP contribution in [-0.4, -0.2) is 14.7 Å². The van der Waals surface area contributed by atoms with Crippen LogP contribution < -0.4 is 0 Å². The summed E-state index contributed by atoms with van der Waals surface area (Å²) < 4.78 is 1.68. The molecule has 1 fully saturated rings. The Bertz CT molecular complexity index is 419. The third kappa shape index (κ3) is 2.60. The van der Waals surface area contributed by atoms with Gasteiger partial charge in [0.2, 0.25) is 0 Å². The van der Waals surface area contributed by atoms with Crippen molar-refractivity contribution in [1.82, 2.24) is 9.78 Å². The van der Waals surface area contributed by atoms with Gasteiger partial charge in [-0.3, -0.25) is 0 Å². The van der Waals surface area contributed by atoms with E-state index in [1.54, 1.807) is 10.9 Å². The van der Waals surface area contributed by atoms with Gasteiger partial charge < -0.3 is 10.1 Å². The van der Waals surface area contributed by atoms with Crippen molar-refractivity contribution < 1.29 is 4.92 Å². The zero-order valence-electron chi connectivity index (χ0n) is 9.80. The van der Waals surface area contributed by atoms with E-state index in [0.29, 0.717) is 5.92 Å². The maximum absolute atomic E-state index is 10.7. The van der Waals surface area contributed by atoms with Crippen molar-refractivity contribution in [2.45, 2.75) is 45.1 Å². The monoisotopic (exact) mass is 257 g/mol. The zero-order valence-corrected chi connectivity index (χ0v) is 10.6. The van der Waals surface area contributed by atoms with Crippen LogP contribution in [0, 0.1) is 16.0 Å². The minimum atomic E-state index is -0.529. The highest BCUT2D eigenvalue weighted by atomic mass is 35.5. The predicted octanol–water partition coefficient (Wildman–Crippen LogP) is 3.59. The van der Waals surface area contributed by atoms with Crippen molar-refractivity contribution >= 4 is 17.4 Å². The van der Waals surface area contributed by atoms with E-state index >= 15 is 0 Å². The molecule has 2 rings (SSSR count). The van der Waals surface area contributed by atoms with Gasteiger partial charge in [0.1, 0.15) is 0 Å². The van der Waals surface area contributed by atoms with Gasteiger partial charge in [0.15, 0.2) is 5.02 Å². The number of halogens is 1. The molecule has 2 atom stereocenters. The molecule has 1 heterocycles. The van der Waals surface area contributed by atoms with Crippen LogP contribution in [0.2, 0.25) is 5.02 Å². The normalized spacial score (nSPS) is 24.8. The van der Waals surface area contributed by atoms with Crippen LogP contribution >= 0.6 is 11.6 Å². The van der Waals surface area contributed by atoms with Crippen LogP contribution in [0.3, 0.4) is 0 Å². The first-order valence-corrected chi connectivity index (χ1v) is 6.38. The summed E-state index contributed by atoms with van der Waals surface area (Å²) in [5, 5.41) is 14.8. The van der Waals surface area contributed by atoms with Crippen LogP contribution in [0.25, 0.3) is 0 Å². The fourth-order valence-corrected chi connectivity index (χ4v) is 2.75. The average Bonchev–Trinajstić information content (AvgIpc) is 2.71. The molecule has 2 unspecified atom stereocenters. The van der Waals surface area contributed by atoms with Crippen molar-refractivity contribution in [3.63, 3.8) is 0 Å². The lowest BCUT2D eigenvalue weighted by Gasteiger charge is -2.26. The molecule has 0 saturated heterocycles. The molecule has 5 nitrogen and oxygen atoms in total. The van der Waals surface area contributed by atoms with Gasteiger partial charge in [0.25, 0.3) is 0 Å². The minimum Gasteiger partial charge on any atom is -0.358 e. The van der Waals surface area contributed by atoms with E-state index in [0.717, 1.165) is 25.7 Å². The predicted molar refractivity (Wildman–Crippen MR) is 65.2 cm³/mol. The Kier molecular flexibility index (Phi) is 3.66. The summed E-state index contributed by atoms with van der Waals surface area (Å²) >= 11 is 5.80. The SMILES string of the molecule is CCC1CCCC(n2cc(Cl)c([N+](=O)[O-])n2)C1. The van der Waals surface area contributed by atoms with Gasteiger partial charge in [-0.25, -0.2) is 0 Å². The van der Waals surface area contributed by atoms with Crippen molar-refractivity contribution in [3.8, 4) is 0 Å². The second-order valence-corrected chi connectivity index (χ2v) is 5.04. The molecule has 0 amide bonds. The van der Waals surface area contributed by atoms with Gasteiger partial charge in [-0.2, -0.15) is 4.68 Å². The van der Waals surface area contributed by atoms with E-state index in [9.17, 15) is 10.1 Å². The van der Waals surface area contributed by atoms with E-state index in [1.807, 2.05) is 0 Å². The number of nitro groups is 1. The van der Waals surface area contributed by atoms with E-state index in [2.05, 4.69) is 12.0 Å². The molecule has 94 valence electrons. The van der Waals surface area contributed by atoms with Crippen LogP contribution in [0.1, 0.15) is 45.1 Å². The highest BCUT2D eigenvalue weighted by Gasteiger charge is 2.28. The maximum Gasteiger partial charge on any atom is 0.408 e. The quantitative estimate of drug-likeness (QED) is 0.614. The molecule has 0 N–H and O–H groups in total. The fraction of sp³-hybridized carbons (Fsp3) is 0.727. The molecule has 1 aliphatic carbocycles. The Morgan fingerprint density at radius 1 is 1.65 bits per heavy atom. The number of hydrogen-bond donors (Lipinski definition) is 0. The Balaban J connectivity index is 2.16. The first-order chi connectivity index (χ1) is 8.11. The smallest absolute Gasteiger partial charge is 0.358 e.